The largest absolute Gasteiger partial charge is 0.416 e. The maximum Gasteiger partial charge on any atom is 0.416 e. The predicted molar refractivity (Wildman–Crippen MR) is 152 cm³/mol. The molecular weight excluding hydrogens is 554 g/mol. The van der Waals surface area contributed by atoms with E-state index in [1.807, 2.05) is 30.3 Å². The summed E-state index contributed by atoms with van der Waals surface area (Å²) in [5, 5.41) is 0.896. The molecule has 4 aromatic rings. The van der Waals surface area contributed by atoms with E-state index in [9.17, 15) is 26.3 Å². The Hall–Kier alpha value is -3.82. The third kappa shape index (κ3) is 6.97. The number of fused-ring (bicyclic) bond motifs is 1. The summed E-state index contributed by atoms with van der Waals surface area (Å²) in [6.07, 6.45) is -3.61. The highest BCUT2D eigenvalue weighted by Gasteiger charge is 2.37. The van der Waals surface area contributed by atoms with Crippen LogP contribution in [0, 0.1) is 5.92 Å². The first kappa shape index (κ1) is 29.7. The molecule has 42 heavy (non-hydrogen) atoms. The van der Waals surface area contributed by atoms with Crippen molar-refractivity contribution in [1.82, 2.24) is 9.97 Å². The molecule has 0 amide bonds. The van der Waals surface area contributed by atoms with Gasteiger partial charge in [-0.1, -0.05) is 37.1 Å². The number of alkyl halides is 6. The van der Waals surface area contributed by atoms with E-state index in [1.165, 1.54) is 12.8 Å². The zero-order valence-corrected chi connectivity index (χ0v) is 23.2. The van der Waals surface area contributed by atoms with Crippen molar-refractivity contribution in [1.29, 1.82) is 0 Å². The van der Waals surface area contributed by atoms with E-state index in [-0.39, 0.29) is 24.7 Å². The summed E-state index contributed by atoms with van der Waals surface area (Å²) in [6, 6.07) is 16.6. The van der Waals surface area contributed by atoms with Gasteiger partial charge in [-0.15, -0.1) is 0 Å². The van der Waals surface area contributed by atoms with Crippen molar-refractivity contribution in [2.75, 3.05) is 22.9 Å². The molecule has 1 fully saturated rings. The highest BCUT2D eigenvalue weighted by molar-refractivity contribution is 5.82. The molecule has 0 unspecified atom stereocenters. The molecule has 0 radical (unpaired) electrons. The first-order valence-corrected chi connectivity index (χ1v) is 14.1. The number of hydrogen-bond acceptors (Lipinski definition) is 4. The van der Waals surface area contributed by atoms with Gasteiger partial charge in [-0.05, 0) is 73.7 Å². The number of benzene rings is 2. The zero-order chi connectivity index (χ0) is 29.9. The number of hydrogen-bond donors (Lipinski definition) is 0. The van der Waals surface area contributed by atoms with Crippen LogP contribution in [0.15, 0.2) is 72.9 Å². The van der Waals surface area contributed by atoms with E-state index in [0.29, 0.717) is 18.3 Å². The van der Waals surface area contributed by atoms with Crippen molar-refractivity contribution < 1.29 is 26.3 Å². The van der Waals surface area contributed by atoms with Crippen LogP contribution in [0.3, 0.4) is 0 Å². The molecule has 10 heteroatoms. The second kappa shape index (κ2) is 12.2. The van der Waals surface area contributed by atoms with Crippen molar-refractivity contribution in [3.63, 3.8) is 0 Å². The molecule has 0 bridgehead atoms. The zero-order valence-electron chi connectivity index (χ0n) is 23.2. The lowest BCUT2D eigenvalue weighted by Crippen LogP contribution is -2.32. The lowest BCUT2D eigenvalue weighted by atomic mass is 10.0. The number of pyridine rings is 2. The number of halogens is 6. The Morgan fingerprint density at radius 1 is 0.786 bits per heavy atom. The van der Waals surface area contributed by atoms with Crippen LogP contribution >= 0.6 is 0 Å². The Kier molecular flexibility index (Phi) is 8.61. The molecule has 0 saturated heterocycles. The van der Waals surface area contributed by atoms with Crippen LogP contribution in [0.2, 0.25) is 0 Å². The SMILES string of the molecule is CCN(CC1CCCC1)c1nc2ccccc2cc1CN(Cc1cc(C(F)(F)F)cc(C(F)(F)F)c1)c1ccccn1. The van der Waals surface area contributed by atoms with Crippen LogP contribution in [0.5, 0.6) is 0 Å². The maximum atomic E-state index is 13.6. The highest BCUT2D eigenvalue weighted by atomic mass is 19.4. The van der Waals surface area contributed by atoms with E-state index >= 15 is 0 Å². The average Bonchev–Trinajstić information content (AvgIpc) is 3.48. The molecule has 4 nitrogen and oxygen atoms in total. The molecular formula is C32H32F6N4. The predicted octanol–water partition coefficient (Wildman–Crippen LogP) is 8.89. The minimum absolute atomic E-state index is 0.114. The molecule has 0 atom stereocenters. The van der Waals surface area contributed by atoms with Crippen LogP contribution in [0.1, 0.15) is 54.9 Å². The van der Waals surface area contributed by atoms with E-state index in [2.05, 4.69) is 16.8 Å². The Morgan fingerprint density at radius 2 is 1.45 bits per heavy atom. The molecule has 2 aromatic carbocycles. The van der Waals surface area contributed by atoms with Crippen LogP contribution in [-0.2, 0) is 25.4 Å². The summed E-state index contributed by atoms with van der Waals surface area (Å²) in [5.74, 6) is 1.74. The molecule has 1 aliphatic carbocycles. The van der Waals surface area contributed by atoms with Crippen LogP contribution in [0.25, 0.3) is 10.9 Å². The van der Waals surface area contributed by atoms with Crippen molar-refractivity contribution in [3.8, 4) is 0 Å². The molecule has 1 saturated carbocycles. The lowest BCUT2D eigenvalue weighted by molar-refractivity contribution is -0.143. The van der Waals surface area contributed by atoms with Gasteiger partial charge in [-0.25, -0.2) is 9.97 Å². The van der Waals surface area contributed by atoms with Crippen molar-refractivity contribution in [2.24, 2.45) is 5.92 Å². The van der Waals surface area contributed by atoms with Gasteiger partial charge in [0.05, 0.1) is 16.6 Å². The van der Waals surface area contributed by atoms with Gasteiger partial charge in [0, 0.05) is 43.3 Å². The molecule has 0 spiro atoms. The molecule has 0 aliphatic heterocycles. The molecule has 222 valence electrons. The van der Waals surface area contributed by atoms with E-state index in [4.69, 9.17) is 4.98 Å². The van der Waals surface area contributed by atoms with Gasteiger partial charge < -0.3 is 9.80 Å². The Labute approximate surface area is 241 Å². The second-order valence-corrected chi connectivity index (χ2v) is 10.8. The van der Waals surface area contributed by atoms with E-state index in [1.54, 1.807) is 29.3 Å². The third-order valence-electron chi connectivity index (χ3n) is 7.77. The molecule has 2 aromatic heterocycles. The third-order valence-corrected chi connectivity index (χ3v) is 7.77. The Bertz CT molecular complexity index is 1460. The summed E-state index contributed by atoms with van der Waals surface area (Å²) in [6.45, 7) is 3.57. The molecule has 5 rings (SSSR count). The van der Waals surface area contributed by atoms with Crippen molar-refractivity contribution in [3.05, 3.63) is 95.2 Å². The minimum atomic E-state index is -4.93. The summed E-state index contributed by atoms with van der Waals surface area (Å²) in [7, 11) is 0. The topological polar surface area (TPSA) is 32.3 Å². The molecule has 1 aliphatic rings. The Morgan fingerprint density at radius 3 is 2.07 bits per heavy atom. The van der Waals surface area contributed by atoms with Gasteiger partial charge in [-0.3, -0.25) is 0 Å². The fraction of sp³-hybridized carbons (Fsp3) is 0.375. The van der Waals surface area contributed by atoms with Crippen LogP contribution in [-0.4, -0.2) is 23.1 Å². The fourth-order valence-electron chi connectivity index (χ4n) is 5.70. The number of rotatable bonds is 9. The fourth-order valence-corrected chi connectivity index (χ4v) is 5.70. The normalized spacial score (nSPS) is 14.5. The first-order valence-electron chi connectivity index (χ1n) is 14.1. The average molecular weight is 587 g/mol. The smallest absolute Gasteiger partial charge is 0.356 e. The number of nitrogens with zero attached hydrogens (tertiary/aromatic N) is 4. The number of para-hydroxylation sites is 1. The van der Waals surface area contributed by atoms with Gasteiger partial charge in [0.1, 0.15) is 11.6 Å². The lowest BCUT2D eigenvalue weighted by Gasteiger charge is -2.30. The minimum Gasteiger partial charge on any atom is -0.356 e. The maximum absolute atomic E-state index is 13.6. The summed E-state index contributed by atoms with van der Waals surface area (Å²) >= 11 is 0. The second-order valence-electron chi connectivity index (χ2n) is 10.8. The van der Waals surface area contributed by atoms with Crippen molar-refractivity contribution >= 4 is 22.5 Å². The van der Waals surface area contributed by atoms with Gasteiger partial charge in [0.2, 0.25) is 0 Å². The Balaban J connectivity index is 1.58. The highest BCUT2D eigenvalue weighted by Crippen LogP contribution is 2.37. The van der Waals surface area contributed by atoms with Gasteiger partial charge in [0.15, 0.2) is 0 Å². The first-order chi connectivity index (χ1) is 20.0. The quantitative estimate of drug-likeness (QED) is 0.183. The molecule has 0 N–H and O–H groups in total. The van der Waals surface area contributed by atoms with Gasteiger partial charge in [-0.2, -0.15) is 26.3 Å². The monoisotopic (exact) mass is 586 g/mol. The standard InChI is InChI=1S/C32H32F6N4/c1-2-41(19-22-9-3-4-10-22)30-25(17-24-11-5-6-12-28(24)40-30)21-42(29-13-7-8-14-39-29)20-23-15-26(31(33,34)35)18-27(16-23)32(36,37)38/h5-8,11-18,22H,2-4,9-10,19-21H2,1H3. The van der Waals surface area contributed by atoms with E-state index in [0.717, 1.165) is 53.8 Å². The van der Waals surface area contributed by atoms with Gasteiger partial charge >= 0.3 is 12.4 Å². The van der Waals surface area contributed by atoms with Crippen molar-refractivity contribution in [2.45, 2.75) is 58.0 Å². The summed E-state index contributed by atoms with van der Waals surface area (Å²) in [4.78, 5) is 13.4. The van der Waals surface area contributed by atoms with E-state index < -0.39 is 23.5 Å². The van der Waals surface area contributed by atoms with Crippen LogP contribution < -0.4 is 9.80 Å². The van der Waals surface area contributed by atoms with Crippen LogP contribution in [0.4, 0.5) is 38.0 Å². The summed E-state index contributed by atoms with van der Waals surface area (Å²) in [5.41, 5.74) is -1.15. The number of anilines is 2. The number of aromatic nitrogens is 2. The molecule has 2 heterocycles. The van der Waals surface area contributed by atoms with Gasteiger partial charge in [0.25, 0.3) is 0 Å². The summed E-state index contributed by atoms with van der Waals surface area (Å²) < 4.78 is 81.8.